The Morgan fingerprint density at radius 2 is 1.76 bits per heavy atom. The highest BCUT2D eigenvalue weighted by Gasteiger charge is 2.27. The minimum Gasteiger partial charge on any atom is -0.272 e. The summed E-state index contributed by atoms with van der Waals surface area (Å²) in [5.74, 6) is 2.30. The molecule has 0 radical (unpaired) electrons. The Balaban J connectivity index is 1.30. The van der Waals surface area contributed by atoms with Gasteiger partial charge in [-0.25, -0.2) is 9.97 Å². The Bertz CT molecular complexity index is 967. The average molecular weight is 411 g/mol. The van der Waals surface area contributed by atoms with Crippen molar-refractivity contribution in [2.75, 3.05) is 0 Å². The van der Waals surface area contributed by atoms with Crippen LogP contribution < -0.4 is 0 Å². The summed E-state index contributed by atoms with van der Waals surface area (Å²) in [5, 5.41) is 9.50. The van der Waals surface area contributed by atoms with Gasteiger partial charge in [-0.2, -0.15) is 10.2 Å². The van der Waals surface area contributed by atoms with Crippen molar-refractivity contribution >= 4 is 11.6 Å². The average Bonchev–Trinajstić information content (AvgIpc) is 3.24. The summed E-state index contributed by atoms with van der Waals surface area (Å²) in [4.78, 5) is 9.44. The van der Waals surface area contributed by atoms with Crippen molar-refractivity contribution in [3.8, 4) is 11.3 Å². The highest BCUT2D eigenvalue weighted by atomic mass is 35.5. The zero-order valence-corrected chi connectivity index (χ0v) is 17.6. The quantitative estimate of drug-likeness (QED) is 0.593. The van der Waals surface area contributed by atoms with Crippen LogP contribution in [-0.4, -0.2) is 29.5 Å². The van der Waals surface area contributed by atoms with Crippen LogP contribution in [-0.2, 0) is 19.9 Å². The van der Waals surface area contributed by atoms with Gasteiger partial charge >= 0.3 is 0 Å². The second kappa shape index (κ2) is 7.90. The summed E-state index contributed by atoms with van der Waals surface area (Å²) in [6.07, 6.45) is 16.9. The predicted octanol–water partition coefficient (Wildman–Crippen LogP) is 4.65. The van der Waals surface area contributed by atoms with E-state index in [1.54, 1.807) is 6.20 Å². The summed E-state index contributed by atoms with van der Waals surface area (Å²) in [6, 6.07) is 2.54. The van der Waals surface area contributed by atoms with Gasteiger partial charge in [-0.05, 0) is 62.8 Å². The third-order valence-corrected chi connectivity index (χ3v) is 6.75. The highest BCUT2D eigenvalue weighted by molar-refractivity contribution is 6.32. The fourth-order valence-corrected chi connectivity index (χ4v) is 4.75. The molecule has 0 saturated heterocycles. The van der Waals surface area contributed by atoms with E-state index < -0.39 is 0 Å². The molecule has 0 aromatic carbocycles. The standard InChI is InChI=1S/C22H27ClN6/c1-28-20(11-15-3-4-15)18(13-26-28)22-19(23)14-24-21(27-22)12-16-5-7-17(8-6-16)29-10-2-9-25-29/h2,9-10,13-17H,3-8,11-12H2,1H3. The second-order valence-electron chi connectivity index (χ2n) is 8.62. The molecule has 7 heteroatoms. The summed E-state index contributed by atoms with van der Waals surface area (Å²) in [7, 11) is 2.01. The Morgan fingerprint density at radius 3 is 2.48 bits per heavy atom. The maximum Gasteiger partial charge on any atom is 0.129 e. The molecular formula is C22H27ClN6. The van der Waals surface area contributed by atoms with Crippen molar-refractivity contribution in [1.29, 1.82) is 0 Å². The van der Waals surface area contributed by atoms with E-state index in [0.29, 0.717) is 17.0 Å². The molecule has 2 fully saturated rings. The van der Waals surface area contributed by atoms with Gasteiger partial charge in [-0.3, -0.25) is 9.36 Å². The van der Waals surface area contributed by atoms with E-state index >= 15 is 0 Å². The minimum absolute atomic E-state index is 0.531. The molecule has 0 unspecified atom stereocenters. The lowest BCUT2D eigenvalue weighted by molar-refractivity contribution is 0.257. The van der Waals surface area contributed by atoms with Crippen molar-refractivity contribution in [2.45, 2.75) is 57.4 Å². The van der Waals surface area contributed by atoms with Gasteiger partial charge in [0.2, 0.25) is 0 Å². The lowest BCUT2D eigenvalue weighted by Crippen LogP contribution is -2.20. The van der Waals surface area contributed by atoms with E-state index in [1.807, 2.05) is 30.2 Å². The number of hydrogen-bond donors (Lipinski definition) is 0. The first-order valence-electron chi connectivity index (χ1n) is 10.7. The maximum absolute atomic E-state index is 6.51. The summed E-state index contributed by atoms with van der Waals surface area (Å²) in [6.45, 7) is 0. The second-order valence-corrected chi connectivity index (χ2v) is 9.03. The number of halogens is 1. The lowest BCUT2D eigenvalue weighted by Gasteiger charge is -2.28. The molecule has 0 bridgehead atoms. The molecule has 0 atom stereocenters. The first-order chi connectivity index (χ1) is 14.2. The van der Waals surface area contributed by atoms with Crippen molar-refractivity contribution in [2.24, 2.45) is 18.9 Å². The topological polar surface area (TPSA) is 61.4 Å². The molecule has 5 rings (SSSR count). The van der Waals surface area contributed by atoms with E-state index in [0.717, 1.165) is 35.8 Å². The van der Waals surface area contributed by atoms with Crippen LogP contribution in [0.4, 0.5) is 0 Å². The monoisotopic (exact) mass is 410 g/mol. The molecule has 2 saturated carbocycles. The molecule has 2 aliphatic carbocycles. The fourth-order valence-electron chi connectivity index (χ4n) is 4.56. The van der Waals surface area contributed by atoms with Gasteiger partial charge in [-0.15, -0.1) is 0 Å². The minimum atomic E-state index is 0.531. The normalized spacial score (nSPS) is 22.1. The van der Waals surface area contributed by atoms with Crippen LogP contribution in [0.3, 0.4) is 0 Å². The van der Waals surface area contributed by atoms with E-state index in [9.17, 15) is 0 Å². The first kappa shape index (κ1) is 18.8. The Labute approximate surface area is 176 Å². The van der Waals surface area contributed by atoms with Crippen LogP contribution >= 0.6 is 11.6 Å². The molecule has 3 aromatic rings. The fraction of sp³-hybridized carbons (Fsp3) is 0.545. The van der Waals surface area contributed by atoms with Gasteiger partial charge in [0.15, 0.2) is 0 Å². The smallest absolute Gasteiger partial charge is 0.129 e. The van der Waals surface area contributed by atoms with Gasteiger partial charge in [-0.1, -0.05) is 11.6 Å². The summed E-state index contributed by atoms with van der Waals surface area (Å²) in [5.41, 5.74) is 3.14. The Hall–Kier alpha value is -2.21. The molecular weight excluding hydrogens is 384 g/mol. The van der Waals surface area contributed by atoms with Gasteiger partial charge < -0.3 is 0 Å². The summed E-state index contributed by atoms with van der Waals surface area (Å²) >= 11 is 6.51. The first-order valence-corrected chi connectivity index (χ1v) is 11.1. The Kier molecular flexibility index (Phi) is 5.12. The summed E-state index contributed by atoms with van der Waals surface area (Å²) < 4.78 is 4.08. The van der Waals surface area contributed by atoms with Crippen LogP contribution in [0.15, 0.2) is 30.9 Å². The van der Waals surface area contributed by atoms with Crippen LogP contribution in [0.1, 0.15) is 56.1 Å². The van der Waals surface area contributed by atoms with E-state index in [-0.39, 0.29) is 0 Å². The van der Waals surface area contributed by atoms with Crippen LogP contribution in [0, 0.1) is 11.8 Å². The van der Waals surface area contributed by atoms with E-state index in [1.165, 1.54) is 44.2 Å². The molecule has 0 amide bonds. The molecule has 0 N–H and O–H groups in total. The van der Waals surface area contributed by atoms with E-state index in [4.69, 9.17) is 16.6 Å². The zero-order chi connectivity index (χ0) is 19.8. The number of rotatable bonds is 6. The number of aromatic nitrogens is 6. The van der Waals surface area contributed by atoms with Crippen LogP contribution in [0.2, 0.25) is 5.02 Å². The molecule has 6 nitrogen and oxygen atoms in total. The third-order valence-electron chi connectivity index (χ3n) is 6.48. The highest BCUT2D eigenvalue weighted by Crippen LogP contribution is 2.37. The lowest BCUT2D eigenvalue weighted by atomic mass is 9.84. The van der Waals surface area contributed by atoms with Gasteiger partial charge in [0.1, 0.15) is 5.82 Å². The molecule has 3 aromatic heterocycles. The molecule has 2 aliphatic rings. The predicted molar refractivity (Wildman–Crippen MR) is 113 cm³/mol. The Morgan fingerprint density at radius 1 is 1.00 bits per heavy atom. The van der Waals surface area contributed by atoms with Crippen molar-refractivity contribution in [3.05, 3.63) is 47.4 Å². The van der Waals surface area contributed by atoms with Crippen LogP contribution in [0.5, 0.6) is 0 Å². The molecule has 0 spiro atoms. The molecule has 0 aliphatic heterocycles. The van der Waals surface area contributed by atoms with E-state index in [2.05, 4.69) is 26.1 Å². The van der Waals surface area contributed by atoms with Gasteiger partial charge in [0.05, 0.1) is 23.0 Å². The zero-order valence-electron chi connectivity index (χ0n) is 16.8. The number of nitrogens with zero attached hydrogens (tertiary/aromatic N) is 6. The van der Waals surface area contributed by atoms with Crippen molar-refractivity contribution in [3.63, 3.8) is 0 Å². The van der Waals surface area contributed by atoms with Crippen LogP contribution in [0.25, 0.3) is 11.3 Å². The van der Waals surface area contributed by atoms with Crippen molar-refractivity contribution in [1.82, 2.24) is 29.5 Å². The number of aryl methyl sites for hydroxylation is 1. The molecule has 3 heterocycles. The third kappa shape index (κ3) is 4.08. The molecule has 152 valence electrons. The van der Waals surface area contributed by atoms with Gasteiger partial charge in [0, 0.05) is 43.3 Å². The molecule has 29 heavy (non-hydrogen) atoms. The van der Waals surface area contributed by atoms with Gasteiger partial charge in [0.25, 0.3) is 0 Å². The number of hydrogen-bond acceptors (Lipinski definition) is 4. The SMILES string of the molecule is Cn1ncc(-c2nc(CC3CCC(n4cccn4)CC3)ncc2Cl)c1CC1CC1. The maximum atomic E-state index is 6.51. The van der Waals surface area contributed by atoms with Crippen molar-refractivity contribution < 1.29 is 0 Å². The largest absolute Gasteiger partial charge is 0.272 e.